The number of carbonyl (C=O) groups excluding carboxylic acids is 1. The Morgan fingerprint density at radius 1 is 1.36 bits per heavy atom. The number of rotatable bonds is 6. The summed E-state index contributed by atoms with van der Waals surface area (Å²) in [5, 5.41) is 3.43. The van der Waals surface area contributed by atoms with Crippen molar-refractivity contribution in [3.05, 3.63) is 0 Å². The zero-order chi connectivity index (χ0) is 11.1. The van der Waals surface area contributed by atoms with Crippen molar-refractivity contribution >= 4 is 5.97 Å². The van der Waals surface area contributed by atoms with Crippen LogP contribution in [0.4, 0.5) is 0 Å². The first kappa shape index (κ1) is 13.4. The lowest BCUT2D eigenvalue weighted by atomic mass is 10.0. The zero-order valence-electron chi connectivity index (χ0n) is 9.96. The Labute approximate surface area is 87.2 Å². The minimum atomic E-state index is -0.149. The number of esters is 1. The first-order chi connectivity index (χ1) is 6.51. The molecule has 14 heavy (non-hydrogen) atoms. The average Bonchev–Trinajstić information content (AvgIpc) is 2.13. The van der Waals surface area contributed by atoms with E-state index in [4.69, 9.17) is 0 Å². The SMILES string of the molecule is CCC(NC(C)CC(=O)OC)C(C)C. The van der Waals surface area contributed by atoms with Gasteiger partial charge in [-0.2, -0.15) is 0 Å². The van der Waals surface area contributed by atoms with Crippen molar-refractivity contribution in [3.63, 3.8) is 0 Å². The second kappa shape index (κ2) is 6.82. The van der Waals surface area contributed by atoms with Gasteiger partial charge in [0.1, 0.15) is 0 Å². The molecule has 3 heteroatoms. The maximum atomic E-state index is 11.0. The van der Waals surface area contributed by atoms with Crippen LogP contribution >= 0.6 is 0 Å². The Kier molecular flexibility index (Phi) is 6.54. The lowest BCUT2D eigenvalue weighted by Crippen LogP contribution is -2.40. The summed E-state index contributed by atoms with van der Waals surface area (Å²) in [5.74, 6) is 0.448. The molecule has 0 spiro atoms. The molecule has 0 aliphatic rings. The smallest absolute Gasteiger partial charge is 0.307 e. The molecule has 0 aliphatic heterocycles. The predicted molar refractivity (Wildman–Crippen MR) is 58.1 cm³/mol. The quantitative estimate of drug-likeness (QED) is 0.668. The third-order valence-electron chi connectivity index (χ3n) is 2.44. The molecule has 2 unspecified atom stereocenters. The maximum absolute atomic E-state index is 11.0. The fourth-order valence-electron chi connectivity index (χ4n) is 1.54. The van der Waals surface area contributed by atoms with Crippen molar-refractivity contribution in [1.29, 1.82) is 0 Å². The normalized spacial score (nSPS) is 15.3. The van der Waals surface area contributed by atoms with Crippen LogP contribution in [0.5, 0.6) is 0 Å². The van der Waals surface area contributed by atoms with Crippen LogP contribution in [0.15, 0.2) is 0 Å². The first-order valence-electron chi connectivity index (χ1n) is 5.34. The summed E-state index contributed by atoms with van der Waals surface area (Å²) in [4.78, 5) is 11.0. The summed E-state index contributed by atoms with van der Waals surface area (Å²) in [6.07, 6.45) is 1.53. The van der Waals surface area contributed by atoms with Gasteiger partial charge in [0, 0.05) is 12.1 Å². The molecule has 1 N–H and O–H groups in total. The third kappa shape index (κ3) is 5.22. The van der Waals surface area contributed by atoms with Crippen LogP contribution in [0, 0.1) is 5.92 Å². The van der Waals surface area contributed by atoms with Crippen molar-refractivity contribution in [2.75, 3.05) is 7.11 Å². The molecule has 0 fully saturated rings. The molecular formula is C11H23NO2. The first-order valence-corrected chi connectivity index (χ1v) is 5.34. The molecule has 0 saturated heterocycles. The van der Waals surface area contributed by atoms with Gasteiger partial charge < -0.3 is 10.1 Å². The van der Waals surface area contributed by atoms with Gasteiger partial charge in [-0.3, -0.25) is 4.79 Å². The molecule has 0 aromatic carbocycles. The molecule has 0 rings (SSSR count). The van der Waals surface area contributed by atoms with E-state index >= 15 is 0 Å². The fourth-order valence-corrected chi connectivity index (χ4v) is 1.54. The largest absolute Gasteiger partial charge is 0.469 e. The summed E-state index contributed by atoms with van der Waals surface area (Å²) >= 11 is 0. The van der Waals surface area contributed by atoms with Gasteiger partial charge in [0.05, 0.1) is 13.5 Å². The summed E-state index contributed by atoms with van der Waals surface area (Å²) in [7, 11) is 1.43. The number of hydrogen-bond acceptors (Lipinski definition) is 3. The Morgan fingerprint density at radius 2 is 1.93 bits per heavy atom. The highest BCUT2D eigenvalue weighted by Crippen LogP contribution is 2.07. The Morgan fingerprint density at radius 3 is 2.29 bits per heavy atom. The van der Waals surface area contributed by atoms with Crippen LogP contribution in [0.2, 0.25) is 0 Å². The number of nitrogens with one attached hydrogen (secondary N) is 1. The minimum absolute atomic E-state index is 0.149. The van der Waals surface area contributed by atoms with E-state index in [1.165, 1.54) is 7.11 Å². The van der Waals surface area contributed by atoms with E-state index in [2.05, 4.69) is 30.8 Å². The van der Waals surface area contributed by atoms with Crippen LogP contribution in [0.25, 0.3) is 0 Å². The lowest BCUT2D eigenvalue weighted by molar-refractivity contribution is -0.141. The molecule has 0 amide bonds. The topological polar surface area (TPSA) is 38.3 Å². The molecule has 0 saturated carbocycles. The standard InChI is InChI=1S/C11H23NO2/c1-6-10(8(2)3)12-9(4)7-11(13)14-5/h8-10,12H,6-7H2,1-5H3. The molecule has 2 atom stereocenters. The van der Waals surface area contributed by atoms with E-state index < -0.39 is 0 Å². The predicted octanol–water partition coefficient (Wildman–Crippen LogP) is 1.96. The molecule has 3 nitrogen and oxygen atoms in total. The number of hydrogen-bond donors (Lipinski definition) is 1. The Hall–Kier alpha value is -0.570. The second-order valence-corrected chi connectivity index (χ2v) is 4.11. The van der Waals surface area contributed by atoms with E-state index in [1.54, 1.807) is 0 Å². The van der Waals surface area contributed by atoms with Gasteiger partial charge in [-0.1, -0.05) is 20.8 Å². The lowest BCUT2D eigenvalue weighted by Gasteiger charge is -2.24. The molecule has 0 aromatic heterocycles. The van der Waals surface area contributed by atoms with E-state index in [9.17, 15) is 4.79 Å². The van der Waals surface area contributed by atoms with E-state index in [0.717, 1.165) is 6.42 Å². The Bertz CT molecular complexity index is 169. The van der Waals surface area contributed by atoms with E-state index in [-0.39, 0.29) is 12.0 Å². The van der Waals surface area contributed by atoms with Gasteiger partial charge in [0.25, 0.3) is 0 Å². The van der Waals surface area contributed by atoms with Gasteiger partial charge in [0.2, 0.25) is 0 Å². The van der Waals surface area contributed by atoms with E-state index in [0.29, 0.717) is 18.4 Å². The summed E-state index contributed by atoms with van der Waals surface area (Å²) in [6, 6.07) is 0.671. The zero-order valence-corrected chi connectivity index (χ0v) is 9.96. The molecular weight excluding hydrogens is 178 g/mol. The summed E-state index contributed by atoms with van der Waals surface area (Å²) in [5.41, 5.74) is 0. The van der Waals surface area contributed by atoms with Crippen molar-refractivity contribution < 1.29 is 9.53 Å². The van der Waals surface area contributed by atoms with Crippen molar-refractivity contribution in [1.82, 2.24) is 5.32 Å². The van der Waals surface area contributed by atoms with Gasteiger partial charge in [0.15, 0.2) is 0 Å². The summed E-state index contributed by atoms with van der Waals surface area (Å²) < 4.78 is 4.62. The van der Waals surface area contributed by atoms with E-state index in [1.807, 2.05) is 6.92 Å². The van der Waals surface area contributed by atoms with Crippen molar-refractivity contribution in [2.45, 2.75) is 52.6 Å². The number of methoxy groups -OCH3 is 1. The second-order valence-electron chi connectivity index (χ2n) is 4.11. The molecule has 0 aromatic rings. The van der Waals surface area contributed by atoms with Crippen LogP contribution < -0.4 is 5.32 Å². The molecule has 0 heterocycles. The van der Waals surface area contributed by atoms with Crippen LogP contribution in [-0.4, -0.2) is 25.2 Å². The van der Waals surface area contributed by atoms with Crippen molar-refractivity contribution in [2.24, 2.45) is 5.92 Å². The highest BCUT2D eigenvalue weighted by molar-refractivity contribution is 5.69. The van der Waals surface area contributed by atoms with Gasteiger partial charge in [-0.25, -0.2) is 0 Å². The van der Waals surface area contributed by atoms with Crippen LogP contribution in [0.3, 0.4) is 0 Å². The van der Waals surface area contributed by atoms with Gasteiger partial charge >= 0.3 is 5.97 Å². The highest BCUT2D eigenvalue weighted by atomic mass is 16.5. The minimum Gasteiger partial charge on any atom is -0.469 e. The molecule has 0 bridgehead atoms. The molecule has 0 aliphatic carbocycles. The van der Waals surface area contributed by atoms with Gasteiger partial charge in [-0.15, -0.1) is 0 Å². The Balaban J connectivity index is 3.90. The monoisotopic (exact) mass is 201 g/mol. The van der Waals surface area contributed by atoms with Crippen LogP contribution in [0.1, 0.15) is 40.5 Å². The third-order valence-corrected chi connectivity index (χ3v) is 2.44. The van der Waals surface area contributed by atoms with Gasteiger partial charge in [-0.05, 0) is 19.3 Å². The maximum Gasteiger partial charge on any atom is 0.307 e. The van der Waals surface area contributed by atoms with Crippen LogP contribution in [-0.2, 0) is 9.53 Å². The molecule has 0 radical (unpaired) electrons. The number of carbonyl (C=O) groups is 1. The van der Waals surface area contributed by atoms with Crippen molar-refractivity contribution in [3.8, 4) is 0 Å². The average molecular weight is 201 g/mol. The number of ether oxygens (including phenoxy) is 1. The molecule has 84 valence electrons. The highest BCUT2D eigenvalue weighted by Gasteiger charge is 2.15. The summed E-state index contributed by atoms with van der Waals surface area (Å²) in [6.45, 7) is 8.54. The fraction of sp³-hybridized carbons (Fsp3) is 0.909.